The Labute approximate surface area is 134 Å². The molecule has 0 aliphatic heterocycles. The number of aromatic nitrogens is 3. The van der Waals surface area contributed by atoms with E-state index in [1.165, 1.54) is 6.26 Å². The number of hydrogen-bond donors (Lipinski definition) is 0. The molecule has 0 amide bonds. The summed E-state index contributed by atoms with van der Waals surface area (Å²) < 4.78 is 14.2. The van der Waals surface area contributed by atoms with E-state index in [1.807, 2.05) is 0 Å². The van der Waals surface area contributed by atoms with Gasteiger partial charge in [0.25, 0.3) is 0 Å². The lowest BCUT2D eigenvalue weighted by molar-refractivity contribution is 0.0479. The zero-order valence-electron chi connectivity index (χ0n) is 11.4. The van der Waals surface area contributed by atoms with Crippen LogP contribution in [0.15, 0.2) is 34.9 Å². The van der Waals surface area contributed by atoms with Crippen LogP contribution >= 0.6 is 23.1 Å². The van der Waals surface area contributed by atoms with E-state index < -0.39 is 5.97 Å². The highest BCUT2D eigenvalue weighted by Gasteiger charge is 2.21. The molecule has 0 bridgehead atoms. The Balaban J connectivity index is 1.73. The Morgan fingerprint density at radius 2 is 2.14 bits per heavy atom. The van der Waals surface area contributed by atoms with E-state index in [0.29, 0.717) is 27.2 Å². The second kappa shape index (κ2) is 6.25. The first-order valence-electron chi connectivity index (χ1n) is 6.30. The fourth-order valence-electron chi connectivity index (χ4n) is 1.76. The van der Waals surface area contributed by atoms with Crippen LogP contribution in [0.3, 0.4) is 0 Å². The normalized spacial score (nSPS) is 10.6. The smallest absolute Gasteiger partial charge is 0.352 e. The van der Waals surface area contributed by atoms with Gasteiger partial charge >= 0.3 is 5.97 Å². The average Bonchev–Trinajstić information content (AvgIpc) is 3.14. The number of aryl methyl sites for hydroxylation is 1. The standard InChI is InChI=1S/C14H10ClN3O3S/c1-8-16-11(7-20-8)12-13(22-18-17-12)14(19)21-6-9-2-4-10(15)5-3-9/h2-5,7H,6H2,1H3. The van der Waals surface area contributed by atoms with E-state index in [-0.39, 0.29) is 6.61 Å². The largest absolute Gasteiger partial charge is 0.457 e. The molecule has 0 spiro atoms. The number of benzene rings is 1. The van der Waals surface area contributed by atoms with E-state index in [0.717, 1.165) is 17.1 Å². The summed E-state index contributed by atoms with van der Waals surface area (Å²) in [4.78, 5) is 16.6. The van der Waals surface area contributed by atoms with Crippen molar-refractivity contribution in [2.75, 3.05) is 0 Å². The molecule has 0 aliphatic carbocycles. The van der Waals surface area contributed by atoms with Crippen LogP contribution in [-0.2, 0) is 11.3 Å². The Hall–Kier alpha value is -2.25. The Kier molecular flexibility index (Phi) is 4.17. The zero-order valence-corrected chi connectivity index (χ0v) is 13.0. The molecule has 0 radical (unpaired) electrons. The molecule has 8 heteroatoms. The van der Waals surface area contributed by atoms with Crippen molar-refractivity contribution >= 4 is 29.1 Å². The van der Waals surface area contributed by atoms with Crippen molar-refractivity contribution in [1.82, 2.24) is 14.6 Å². The topological polar surface area (TPSA) is 78.1 Å². The first kappa shape index (κ1) is 14.7. The van der Waals surface area contributed by atoms with Gasteiger partial charge in [-0.1, -0.05) is 28.2 Å². The van der Waals surface area contributed by atoms with Gasteiger partial charge in [0.05, 0.1) is 0 Å². The van der Waals surface area contributed by atoms with Gasteiger partial charge in [0.1, 0.15) is 24.3 Å². The third-order valence-corrected chi connectivity index (χ3v) is 3.78. The summed E-state index contributed by atoms with van der Waals surface area (Å²) >= 11 is 6.77. The minimum absolute atomic E-state index is 0.144. The molecule has 0 saturated heterocycles. The molecule has 3 rings (SSSR count). The Morgan fingerprint density at radius 1 is 1.36 bits per heavy atom. The van der Waals surface area contributed by atoms with Crippen LogP contribution in [0.4, 0.5) is 0 Å². The molecule has 0 saturated carbocycles. The van der Waals surface area contributed by atoms with Gasteiger partial charge in [0, 0.05) is 11.9 Å². The molecule has 1 aromatic carbocycles. The minimum Gasteiger partial charge on any atom is -0.457 e. The number of carbonyl (C=O) groups excluding carboxylic acids is 1. The predicted octanol–water partition coefficient (Wildman–Crippen LogP) is 3.51. The number of nitrogens with zero attached hydrogens (tertiary/aromatic N) is 3. The molecule has 2 aromatic heterocycles. The van der Waals surface area contributed by atoms with E-state index in [9.17, 15) is 4.79 Å². The molecule has 0 unspecified atom stereocenters. The van der Waals surface area contributed by atoms with Crippen molar-refractivity contribution in [2.24, 2.45) is 0 Å². The summed E-state index contributed by atoms with van der Waals surface area (Å²) in [5.74, 6) is -0.0101. The number of rotatable bonds is 4. The van der Waals surface area contributed by atoms with Crippen LogP contribution in [0, 0.1) is 6.92 Å². The van der Waals surface area contributed by atoms with Crippen LogP contribution in [0.1, 0.15) is 21.1 Å². The summed E-state index contributed by atoms with van der Waals surface area (Å²) in [6.07, 6.45) is 1.43. The van der Waals surface area contributed by atoms with Crippen LogP contribution in [0.2, 0.25) is 5.02 Å². The van der Waals surface area contributed by atoms with Gasteiger partial charge in [-0.2, -0.15) is 0 Å². The highest BCUT2D eigenvalue weighted by molar-refractivity contribution is 7.08. The van der Waals surface area contributed by atoms with Gasteiger partial charge < -0.3 is 9.15 Å². The highest BCUT2D eigenvalue weighted by atomic mass is 35.5. The van der Waals surface area contributed by atoms with Gasteiger partial charge in [0.15, 0.2) is 10.8 Å². The molecule has 0 atom stereocenters. The summed E-state index contributed by atoms with van der Waals surface area (Å²) in [7, 11) is 0. The van der Waals surface area contributed by atoms with Crippen LogP contribution < -0.4 is 0 Å². The maximum atomic E-state index is 12.2. The highest BCUT2D eigenvalue weighted by Crippen LogP contribution is 2.24. The first-order chi connectivity index (χ1) is 10.6. The molecule has 0 N–H and O–H groups in total. The number of halogens is 1. The molecule has 2 heterocycles. The van der Waals surface area contributed by atoms with Crippen molar-refractivity contribution < 1.29 is 13.9 Å². The molecule has 3 aromatic rings. The number of oxazole rings is 1. The van der Waals surface area contributed by atoms with Crippen LogP contribution in [0.25, 0.3) is 11.4 Å². The third-order valence-electron chi connectivity index (χ3n) is 2.82. The Bertz CT molecular complexity index is 798. The van der Waals surface area contributed by atoms with Crippen LogP contribution in [0.5, 0.6) is 0 Å². The maximum absolute atomic E-state index is 12.2. The van der Waals surface area contributed by atoms with E-state index in [1.54, 1.807) is 31.2 Å². The van der Waals surface area contributed by atoms with Crippen LogP contribution in [-0.4, -0.2) is 20.5 Å². The fourth-order valence-corrected chi connectivity index (χ4v) is 2.45. The Morgan fingerprint density at radius 3 is 2.82 bits per heavy atom. The monoisotopic (exact) mass is 335 g/mol. The minimum atomic E-state index is -0.499. The van der Waals surface area contributed by atoms with Gasteiger partial charge in [-0.15, -0.1) is 5.10 Å². The number of hydrogen-bond acceptors (Lipinski definition) is 7. The van der Waals surface area contributed by atoms with Gasteiger partial charge in [-0.05, 0) is 29.2 Å². The van der Waals surface area contributed by atoms with E-state index in [2.05, 4.69) is 14.6 Å². The lowest BCUT2D eigenvalue weighted by Gasteiger charge is -2.03. The molecular weight excluding hydrogens is 326 g/mol. The van der Waals surface area contributed by atoms with Gasteiger partial charge in [-0.25, -0.2) is 9.78 Å². The molecule has 22 heavy (non-hydrogen) atoms. The average molecular weight is 336 g/mol. The zero-order chi connectivity index (χ0) is 15.5. The summed E-state index contributed by atoms with van der Waals surface area (Å²) in [6, 6.07) is 7.07. The summed E-state index contributed by atoms with van der Waals surface area (Å²) in [5.41, 5.74) is 1.67. The molecule has 112 valence electrons. The van der Waals surface area contributed by atoms with Crippen molar-refractivity contribution in [2.45, 2.75) is 13.5 Å². The summed E-state index contributed by atoms with van der Waals surface area (Å²) in [6.45, 7) is 1.85. The SMILES string of the molecule is Cc1nc(-c2nnsc2C(=O)OCc2ccc(Cl)cc2)co1. The van der Waals surface area contributed by atoms with Crippen molar-refractivity contribution in [3.8, 4) is 11.4 Å². The second-order valence-corrected chi connectivity index (χ2v) is 5.60. The molecular formula is C14H10ClN3O3S. The second-order valence-electron chi connectivity index (χ2n) is 4.41. The van der Waals surface area contributed by atoms with Crippen molar-refractivity contribution in [3.63, 3.8) is 0 Å². The maximum Gasteiger partial charge on any atom is 0.352 e. The van der Waals surface area contributed by atoms with E-state index >= 15 is 0 Å². The number of ether oxygens (including phenoxy) is 1. The molecule has 6 nitrogen and oxygen atoms in total. The van der Waals surface area contributed by atoms with Crippen molar-refractivity contribution in [3.05, 3.63) is 51.9 Å². The van der Waals surface area contributed by atoms with Crippen molar-refractivity contribution in [1.29, 1.82) is 0 Å². The predicted molar refractivity (Wildman–Crippen MR) is 80.7 cm³/mol. The third kappa shape index (κ3) is 3.15. The fraction of sp³-hybridized carbons (Fsp3) is 0.143. The van der Waals surface area contributed by atoms with Gasteiger partial charge in [-0.3, -0.25) is 0 Å². The number of esters is 1. The van der Waals surface area contributed by atoms with E-state index in [4.69, 9.17) is 20.8 Å². The first-order valence-corrected chi connectivity index (χ1v) is 7.45. The number of carbonyl (C=O) groups is 1. The molecule has 0 fully saturated rings. The lowest BCUT2D eigenvalue weighted by Crippen LogP contribution is -2.05. The van der Waals surface area contributed by atoms with Gasteiger partial charge in [0.2, 0.25) is 0 Å². The molecule has 0 aliphatic rings. The summed E-state index contributed by atoms with van der Waals surface area (Å²) in [5, 5.41) is 4.55. The quantitative estimate of drug-likeness (QED) is 0.679. The lowest BCUT2D eigenvalue weighted by atomic mass is 10.2.